The Bertz CT molecular complexity index is 1350. The number of nitrogens with zero attached hydrogens (tertiary/aromatic N) is 2. The van der Waals surface area contributed by atoms with Crippen molar-refractivity contribution in [3.05, 3.63) is 95.0 Å². The quantitative estimate of drug-likeness (QED) is 0.309. The third-order valence-corrected chi connectivity index (χ3v) is 8.63. The number of rotatable bonds is 12. The minimum Gasteiger partial charge on any atom is -0.352 e. The lowest BCUT2D eigenvalue weighted by Crippen LogP contribution is -2.53. The van der Waals surface area contributed by atoms with Crippen molar-refractivity contribution in [2.75, 3.05) is 10.8 Å². The van der Waals surface area contributed by atoms with Gasteiger partial charge in [-0.25, -0.2) is 8.42 Å². The first-order valence-electron chi connectivity index (χ1n) is 13.1. The van der Waals surface area contributed by atoms with Crippen LogP contribution in [0.3, 0.4) is 0 Å². The molecule has 9 heteroatoms. The molecule has 3 rings (SSSR count). The second kappa shape index (κ2) is 13.6. The Morgan fingerprint density at radius 1 is 0.897 bits per heavy atom. The summed E-state index contributed by atoms with van der Waals surface area (Å²) in [5.74, 6) is -0.758. The van der Waals surface area contributed by atoms with Gasteiger partial charge in [0.2, 0.25) is 11.8 Å². The maximum absolute atomic E-state index is 14.0. The van der Waals surface area contributed by atoms with Crippen LogP contribution in [-0.2, 0) is 26.2 Å². The van der Waals surface area contributed by atoms with Crippen LogP contribution in [0.5, 0.6) is 0 Å². The standard InChI is InChI=1S/C30H36ClN3O4S/c1-5-23(4)32-30(36)28(6-2)33(20-24-10-8-7-9-11-24)29(35)21-34(26-16-14-25(31)15-17-26)39(37,38)27-18-12-22(3)13-19-27/h7-19,23,28H,5-6,20-21H2,1-4H3,(H,32,36). The van der Waals surface area contributed by atoms with Crippen LogP contribution < -0.4 is 9.62 Å². The van der Waals surface area contributed by atoms with Crippen molar-refractivity contribution in [3.63, 3.8) is 0 Å². The van der Waals surface area contributed by atoms with Gasteiger partial charge < -0.3 is 10.2 Å². The van der Waals surface area contributed by atoms with Gasteiger partial charge in [0.25, 0.3) is 10.0 Å². The van der Waals surface area contributed by atoms with Crippen molar-refractivity contribution in [2.24, 2.45) is 0 Å². The number of halogens is 1. The summed E-state index contributed by atoms with van der Waals surface area (Å²) in [6.45, 7) is 7.26. The van der Waals surface area contributed by atoms with E-state index in [0.717, 1.165) is 21.9 Å². The molecule has 0 heterocycles. The van der Waals surface area contributed by atoms with Crippen molar-refractivity contribution in [1.29, 1.82) is 0 Å². The number of aryl methyl sites for hydroxylation is 1. The van der Waals surface area contributed by atoms with Crippen LogP contribution in [-0.4, -0.2) is 43.8 Å². The molecule has 1 N–H and O–H groups in total. The van der Waals surface area contributed by atoms with E-state index in [1.165, 1.54) is 17.0 Å². The summed E-state index contributed by atoms with van der Waals surface area (Å²) in [7, 11) is -4.12. The molecule has 3 aromatic carbocycles. The fourth-order valence-electron chi connectivity index (χ4n) is 4.11. The number of hydrogen-bond acceptors (Lipinski definition) is 4. The first-order chi connectivity index (χ1) is 18.6. The first kappa shape index (κ1) is 30.2. The van der Waals surface area contributed by atoms with E-state index < -0.39 is 28.5 Å². The summed E-state index contributed by atoms with van der Waals surface area (Å²) < 4.78 is 28.8. The summed E-state index contributed by atoms with van der Waals surface area (Å²) in [4.78, 5) is 28.8. The van der Waals surface area contributed by atoms with Crippen LogP contribution in [0.2, 0.25) is 5.02 Å². The van der Waals surface area contributed by atoms with Crippen LogP contribution in [0, 0.1) is 6.92 Å². The number of sulfonamides is 1. The molecular weight excluding hydrogens is 534 g/mol. The van der Waals surface area contributed by atoms with E-state index in [1.54, 1.807) is 36.4 Å². The lowest BCUT2D eigenvalue weighted by molar-refractivity contribution is -0.140. The third-order valence-electron chi connectivity index (χ3n) is 6.59. The van der Waals surface area contributed by atoms with Gasteiger partial charge in [-0.05, 0) is 68.7 Å². The molecule has 0 aliphatic heterocycles. The van der Waals surface area contributed by atoms with Crippen LogP contribution in [0.25, 0.3) is 0 Å². The van der Waals surface area contributed by atoms with Gasteiger partial charge in [-0.15, -0.1) is 0 Å². The molecule has 0 fully saturated rings. The lowest BCUT2D eigenvalue weighted by Gasteiger charge is -2.33. The number of carbonyl (C=O) groups excluding carboxylic acids is 2. The Labute approximate surface area is 236 Å². The van der Waals surface area contributed by atoms with Gasteiger partial charge in [-0.3, -0.25) is 13.9 Å². The average Bonchev–Trinajstić information content (AvgIpc) is 2.92. The van der Waals surface area contributed by atoms with Crippen LogP contribution in [0.1, 0.15) is 44.7 Å². The van der Waals surface area contributed by atoms with Crippen LogP contribution in [0.15, 0.2) is 83.8 Å². The van der Waals surface area contributed by atoms with Gasteiger partial charge in [-0.2, -0.15) is 0 Å². The van der Waals surface area contributed by atoms with Crippen molar-refractivity contribution in [3.8, 4) is 0 Å². The average molecular weight is 570 g/mol. The van der Waals surface area contributed by atoms with Gasteiger partial charge in [-0.1, -0.05) is 73.5 Å². The van der Waals surface area contributed by atoms with E-state index in [4.69, 9.17) is 11.6 Å². The molecule has 0 aliphatic carbocycles. The van der Waals surface area contributed by atoms with Crippen molar-refractivity contribution >= 4 is 39.1 Å². The highest BCUT2D eigenvalue weighted by Crippen LogP contribution is 2.26. The minimum absolute atomic E-state index is 0.0621. The van der Waals surface area contributed by atoms with Gasteiger partial charge in [0.05, 0.1) is 10.6 Å². The second-order valence-electron chi connectivity index (χ2n) is 9.55. The highest BCUT2D eigenvalue weighted by atomic mass is 35.5. The van der Waals surface area contributed by atoms with Gasteiger partial charge in [0.1, 0.15) is 12.6 Å². The molecule has 0 spiro atoms. The molecule has 0 saturated heterocycles. The Morgan fingerprint density at radius 3 is 2.08 bits per heavy atom. The largest absolute Gasteiger partial charge is 0.352 e. The predicted molar refractivity (Wildman–Crippen MR) is 156 cm³/mol. The lowest BCUT2D eigenvalue weighted by atomic mass is 10.1. The minimum atomic E-state index is -4.12. The Balaban J connectivity index is 2.04. The highest BCUT2D eigenvalue weighted by Gasteiger charge is 2.34. The molecule has 2 unspecified atom stereocenters. The molecule has 2 atom stereocenters. The smallest absolute Gasteiger partial charge is 0.264 e. The topological polar surface area (TPSA) is 86.8 Å². The van der Waals surface area contributed by atoms with E-state index >= 15 is 0 Å². The van der Waals surface area contributed by atoms with Crippen LogP contribution in [0.4, 0.5) is 5.69 Å². The molecule has 208 valence electrons. The summed E-state index contributed by atoms with van der Waals surface area (Å²) >= 11 is 6.07. The normalized spacial score (nSPS) is 12.8. The Kier molecular flexibility index (Phi) is 10.5. The number of anilines is 1. The van der Waals surface area contributed by atoms with Crippen LogP contribution >= 0.6 is 11.6 Å². The number of nitrogens with one attached hydrogen (secondary N) is 1. The van der Waals surface area contributed by atoms with Crippen molar-refractivity contribution < 1.29 is 18.0 Å². The molecule has 0 aromatic heterocycles. The molecule has 7 nitrogen and oxygen atoms in total. The first-order valence-corrected chi connectivity index (χ1v) is 14.9. The maximum atomic E-state index is 14.0. The van der Waals surface area contributed by atoms with E-state index in [9.17, 15) is 18.0 Å². The Hall–Kier alpha value is -3.36. The van der Waals surface area contributed by atoms with Crippen molar-refractivity contribution in [2.45, 2.75) is 64.1 Å². The van der Waals surface area contributed by atoms with E-state index in [2.05, 4.69) is 5.32 Å². The SMILES string of the molecule is CCC(C)NC(=O)C(CC)N(Cc1ccccc1)C(=O)CN(c1ccc(Cl)cc1)S(=O)(=O)c1ccc(C)cc1. The van der Waals surface area contributed by atoms with Gasteiger partial charge >= 0.3 is 0 Å². The molecule has 0 radical (unpaired) electrons. The molecule has 0 saturated carbocycles. The highest BCUT2D eigenvalue weighted by molar-refractivity contribution is 7.92. The molecule has 0 bridgehead atoms. The fourth-order valence-corrected chi connectivity index (χ4v) is 5.65. The zero-order valence-corrected chi connectivity index (χ0v) is 24.4. The summed E-state index contributed by atoms with van der Waals surface area (Å²) in [5.41, 5.74) is 2.04. The number of amides is 2. The Morgan fingerprint density at radius 2 is 1.51 bits per heavy atom. The summed E-state index contributed by atoms with van der Waals surface area (Å²) in [6.07, 6.45) is 1.11. The third kappa shape index (κ3) is 7.83. The van der Waals surface area contributed by atoms with E-state index in [-0.39, 0.29) is 23.4 Å². The fraction of sp³-hybridized carbons (Fsp3) is 0.333. The monoisotopic (exact) mass is 569 g/mol. The second-order valence-corrected chi connectivity index (χ2v) is 11.8. The molecule has 39 heavy (non-hydrogen) atoms. The summed E-state index contributed by atoms with van der Waals surface area (Å²) in [6, 6.07) is 21.3. The zero-order chi connectivity index (χ0) is 28.6. The van der Waals surface area contributed by atoms with E-state index in [0.29, 0.717) is 17.1 Å². The van der Waals surface area contributed by atoms with E-state index in [1.807, 2.05) is 58.0 Å². The van der Waals surface area contributed by atoms with Gasteiger partial charge in [0.15, 0.2) is 0 Å². The zero-order valence-electron chi connectivity index (χ0n) is 22.8. The maximum Gasteiger partial charge on any atom is 0.264 e. The number of benzene rings is 3. The van der Waals surface area contributed by atoms with Crippen molar-refractivity contribution in [1.82, 2.24) is 10.2 Å². The van der Waals surface area contributed by atoms with Gasteiger partial charge in [0, 0.05) is 17.6 Å². The molecule has 3 aromatic rings. The number of carbonyl (C=O) groups is 2. The molecular formula is C30H36ClN3O4S. The predicted octanol–water partition coefficient (Wildman–Crippen LogP) is 5.57. The molecule has 0 aliphatic rings. The number of hydrogen-bond donors (Lipinski definition) is 1. The molecule has 2 amide bonds. The summed E-state index contributed by atoms with van der Waals surface area (Å²) in [5, 5.41) is 3.42.